The molecule has 0 amide bonds. The van der Waals surface area contributed by atoms with Gasteiger partial charge in [0, 0.05) is 0 Å². The Labute approximate surface area is 94.8 Å². The molecule has 16 heavy (non-hydrogen) atoms. The van der Waals surface area contributed by atoms with Crippen molar-refractivity contribution >= 4 is 13.1 Å². The lowest BCUT2D eigenvalue weighted by molar-refractivity contribution is -0.143. The van der Waals surface area contributed by atoms with Crippen LogP contribution in [0.5, 0.6) is 0 Å². The van der Waals surface area contributed by atoms with E-state index in [4.69, 9.17) is 26.6 Å². The summed E-state index contributed by atoms with van der Waals surface area (Å²) >= 11 is 0. The van der Waals surface area contributed by atoms with Crippen LogP contribution in [0.4, 0.5) is 0 Å². The molecule has 0 bridgehead atoms. The van der Waals surface area contributed by atoms with Crippen molar-refractivity contribution in [2.75, 3.05) is 6.54 Å². The summed E-state index contributed by atoms with van der Waals surface area (Å²) in [4.78, 5) is 11.0. The highest BCUT2D eigenvalue weighted by molar-refractivity contribution is 6.40. The summed E-state index contributed by atoms with van der Waals surface area (Å²) in [6.45, 7) is 0.387. The van der Waals surface area contributed by atoms with Crippen molar-refractivity contribution in [3.63, 3.8) is 0 Å². The first-order valence-corrected chi connectivity index (χ1v) is 5.47. The van der Waals surface area contributed by atoms with Gasteiger partial charge in [0.15, 0.2) is 0 Å². The minimum absolute atomic E-state index is 0.0554. The topological polar surface area (TPSA) is 130 Å². The van der Waals surface area contributed by atoms with Crippen LogP contribution in [0.1, 0.15) is 19.3 Å². The standard InChI is InChI=1S/C9H19BN2O4/c11-5-7-4-9(12,8(13)14)3-6(7)1-2-10(15)16/h6-7,15-16H,1-5,11-12H2,(H,13,14)/t6?,7-,9+/m1/s1. The Bertz CT molecular complexity index is 264. The van der Waals surface area contributed by atoms with Gasteiger partial charge in [-0.25, -0.2) is 0 Å². The normalized spacial score (nSPS) is 34.0. The van der Waals surface area contributed by atoms with E-state index in [2.05, 4.69) is 0 Å². The quantitative estimate of drug-likeness (QED) is 0.370. The van der Waals surface area contributed by atoms with Crippen LogP contribution in [0.25, 0.3) is 0 Å². The molecule has 0 spiro atoms. The molecular weight excluding hydrogens is 211 g/mol. The zero-order valence-electron chi connectivity index (χ0n) is 9.17. The van der Waals surface area contributed by atoms with Gasteiger partial charge in [0.05, 0.1) is 0 Å². The Morgan fingerprint density at radius 2 is 1.94 bits per heavy atom. The lowest BCUT2D eigenvalue weighted by Gasteiger charge is -2.17. The highest BCUT2D eigenvalue weighted by atomic mass is 16.4. The van der Waals surface area contributed by atoms with Crippen molar-refractivity contribution in [3.8, 4) is 0 Å². The second-order valence-corrected chi connectivity index (χ2v) is 4.68. The second kappa shape index (κ2) is 5.14. The van der Waals surface area contributed by atoms with Gasteiger partial charge in [0.2, 0.25) is 0 Å². The van der Waals surface area contributed by atoms with Crippen LogP contribution in [0, 0.1) is 11.8 Å². The molecule has 1 aliphatic rings. The molecule has 0 aromatic rings. The van der Waals surface area contributed by atoms with Crippen LogP contribution in [-0.2, 0) is 4.79 Å². The largest absolute Gasteiger partial charge is 0.480 e. The molecule has 1 aliphatic carbocycles. The molecule has 3 atom stereocenters. The van der Waals surface area contributed by atoms with Gasteiger partial charge in [0.25, 0.3) is 0 Å². The molecule has 1 fully saturated rings. The minimum Gasteiger partial charge on any atom is -0.480 e. The number of carboxylic acid groups (broad SMARTS) is 1. The molecule has 7 heteroatoms. The van der Waals surface area contributed by atoms with E-state index < -0.39 is 18.6 Å². The molecule has 0 aromatic carbocycles. The third-order valence-corrected chi connectivity index (χ3v) is 3.44. The van der Waals surface area contributed by atoms with Gasteiger partial charge in [-0.05, 0) is 37.5 Å². The zero-order chi connectivity index (χ0) is 12.3. The average molecular weight is 230 g/mol. The number of aliphatic carboxylic acids is 1. The molecule has 1 rings (SSSR count). The van der Waals surface area contributed by atoms with E-state index in [-0.39, 0.29) is 18.2 Å². The maximum absolute atomic E-state index is 11.0. The van der Waals surface area contributed by atoms with Crippen molar-refractivity contribution in [2.24, 2.45) is 23.3 Å². The Morgan fingerprint density at radius 3 is 2.38 bits per heavy atom. The summed E-state index contributed by atoms with van der Waals surface area (Å²) < 4.78 is 0. The van der Waals surface area contributed by atoms with Crippen molar-refractivity contribution < 1.29 is 19.9 Å². The van der Waals surface area contributed by atoms with Crippen LogP contribution in [-0.4, -0.2) is 40.3 Å². The van der Waals surface area contributed by atoms with Gasteiger partial charge in [-0.2, -0.15) is 0 Å². The van der Waals surface area contributed by atoms with Crippen LogP contribution in [0.2, 0.25) is 6.32 Å². The summed E-state index contributed by atoms with van der Waals surface area (Å²) in [7, 11) is -1.35. The van der Waals surface area contributed by atoms with E-state index in [1.165, 1.54) is 0 Å². The average Bonchev–Trinajstić information content (AvgIpc) is 2.53. The van der Waals surface area contributed by atoms with Gasteiger partial charge in [-0.1, -0.05) is 6.42 Å². The lowest BCUT2D eigenvalue weighted by atomic mass is 9.78. The molecule has 0 aromatic heterocycles. The number of nitrogens with two attached hydrogens (primary N) is 2. The highest BCUT2D eigenvalue weighted by Crippen LogP contribution is 2.40. The summed E-state index contributed by atoms with van der Waals surface area (Å²) in [5.74, 6) is -0.884. The fourth-order valence-corrected chi connectivity index (χ4v) is 2.50. The third kappa shape index (κ3) is 2.94. The lowest BCUT2D eigenvalue weighted by Crippen LogP contribution is -2.45. The fraction of sp³-hybridized carbons (Fsp3) is 0.889. The predicted molar refractivity (Wildman–Crippen MR) is 59.4 cm³/mol. The molecule has 0 saturated heterocycles. The number of carbonyl (C=O) groups is 1. The summed E-state index contributed by atoms with van der Waals surface area (Å²) in [5.41, 5.74) is 10.2. The Hall–Kier alpha value is -0.625. The fourth-order valence-electron chi connectivity index (χ4n) is 2.50. The third-order valence-electron chi connectivity index (χ3n) is 3.44. The molecule has 7 N–H and O–H groups in total. The van der Waals surface area contributed by atoms with Gasteiger partial charge in [-0.15, -0.1) is 0 Å². The van der Waals surface area contributed by atoms with E-state index in [0.717, 1.165) is 0 Å². The van der Waals surface area contributed by atoms with Gasteiger partial charge in [0.1, 0.15) is 5.54 Å². The number of hydrogen-bond acceptors (Lipinski definition) is 5. The van der Waals surface area contributed by atoms with E-state index in [1.54, 1.807) is 0 Å². The van der Waals surface area contributed by atoms with Crippen LogP contribution in [0.15, 0.2) is 0 Å². The predicted octanol–water partition coefficient (Wildman–Crippen LogP) is -1.38. The maximum atomic E-state index is 11.0. The molecule has 0 aliphatic heterocycles. The van der Waals surface area contributed by atoms with Gasteiger partial charge < -0.3 is 26.6 Å². The van der Waals surface area contributed by atoms with Crippen molar-refractivity contribution in [1.82, 2.24) is 0 Å². The molecule has 92 valence electrons. The highest BCUT2D eigenvalue weighted by Gasteiger charge is 2.47. The number of carboxylic acids is 1. The maximum Gasteiger partial charge on any atom is 0.451 e. The number of rotatable bonds is 5. The first-order valence-electron chi connectivity index (χ1n) is 5.47. The van der Waals surface area contributed by atoms with E-state index >= 15 is 0 Å². The Kier molecular flexibility index (Phi) is 4.31. The van der Waals surface area contributed by atoms with Crippen molar-refractivity contribution in [1.29, 1.82) is 0 Å². The SMILES string of the molecule is NC[C@H]1C[C@](N)(C(=O)O)CC1CCB(O)O. The summed E-state index contributed by atoms with van der Waals surface area (Å²) in [6, 6.07) is 0. The molecule has 6 nitrogen and oxygen atoms in total. The van der Waals surface area contributed by atoms with E-state index in [9.17, 15) is 4.79 Å². The van der Waals surface area contributed by atoms with Gasteiger partial charge in [-0.3, -0.25) is 4.79 Å². The number of hydrogen-bond donors (Lipinski definition) is 5. The van der Waals surface area contributed by atoms with Crippen molar-refractivity contribution in [2.45, 2.75) is 31.1 Å². The van der Waals surface area contributed by atoms with Crippen LogP contribution >= 0.6 is 0 Å². The Balaban J connectivity index is 2.60. The zero-order valence-corrected chi connectivity index (χ0v) is 9.17. The molecular formula is C9H19BN2O4. The minimum atomic E-state index is -1.35. The van der Waals surface area contributed by atoms with Crippen molar-refractivity contribution in [3.05, 3.63) is 0 Å². The summed E-state index contributed by atoms with van der Waals surface area (Å²) in [6.07, 6.45) is 1.50. The monoisotopic (exact) mass is 230 g/mol. The summed E-state index contributed by atoms with van der Waals surface area (Å²) in [5, 5.41) is 26.6. The first kappa shape index (κ1) is 13.4. The van der Waals surface area contributed by atoms with Crippen LogP contribution in [0.3, 0.4) is 0 Å². The Morgan fingerprint density at radius 1 is 1.38 bits per heavy atom. The smallest absolute Gasteiger partial charge is 0.451 e. The molecule has 1 unspecified atom stereocenters. The van der Waals surface area contributed by atoms with Gasteiger partial charge >= 0.3 is 13.1 Å². The molecule has 1 saturated carbocycles. The second-order valence-electron chi connectivity index (χ2n) is 4.68. The first-order chi connectivity index (χ1) is 7.39. The molecule has 0 radical (unpaired) electrons. The van der Waals surface area contributed by atoms with Crippen LogP contribution < -0.4 is 11.5 Å². The van der Waals surface area contributed by atoms with E-state index in [1.807, 2.05) is 0 Å². The van der Waals surface area contributed by atoms with E-state index in [0.29, 0.717) is 25.8 Å². The molecule has 0 heterocycles.